The zero-order valence-electron chi connectivity index (χ0n) is 6.27. The van der Waals surface area contributed by atoms with E-state index < -0.39 is 4.92 Å². The Balaban J connectivity index is 2.38. The maximum atomic E-state index is 10.3. The SMILES string of the molecule is O=[N+]([O-])c1cc2n(n1)CCSC2. The summed E-state index contributed by atoms with van der Waals surface area (Å²) in [5.74, 6) is 1.79. The molecular weight excluding hydrogens is 178 g/mol. The number of hydrogen-bond acceptors (Lipinski definition) is 4. The predicted molar refractivity (Wildman–Crippen MR) is 45.0 cm³/mol. The monoisotopic (exact) mass is 185 g/mol. The Kier molecular flexibility index (Phi) is 1.76. The molecule has 1 aliphatic heterocycles. The highest BCUT2D eigenvalue weighted by Crippen LogP contribution is 2.22. The summed E-state index contributed by atoms with van der Waals surface area (Å²) in [6.07, 6.45) is 0. The number of nitrogens with zero attached hydrogens (tertiary/aromatic N) is 3. The van der Waals surface area contributed by atoms with Crippen LogP contribution in [0.5, 0.6) is 0 Å². The van der Waals surface area contributed by atoms with Crippen LogP contribution in [0.25, 0.3) is 0 Å². The molecule has 1 aromatic heterocycles. The minimum absolute atomic E-state index is 0.0347. The fourth-order valence-electron chi connectivity index (χ4n) is 1.17. The van der Waals surface area contributed by atoms with Crippen molar-refractivity contribution in [2.24, 2.45) is 0 Å². The van der Waals surface area contributed by atoms with Crippen molar-refractivity contribution >= 4 is 17.6 Å². The molecule has 12 heavy (non-hydrogen) atoms. The average molecular weight is 185 g/mol. The van der Waals surface area contributed by atoms with E-state index in [1.54, 1.807) is 22.5 Å². The molecule has 5 nitrogen and oxygen atoms in total. The second kappa shape index (κ2) is 2.78. The smallest absolute Gasteiger partial charge is 0.358 e. The highest BCUT2D eigenvalue weighted by atomic mass is 32.2. The molecule has 0 bridgehead atoms. The van der Waals surface area contributed by atoms with Gasteiger partial charge in [-0.3, -0.25) is 0 Å². The quantitative estimate of drug-likeness (QED) is 0.484. The highest BCUT2D eigenvalue weighted by molar-refractivity contribution is 7.98. The van der Waals surface area contributed by atoms with Gasteiger partial charge in [0.1, 0.15) is 0 Å². The van der Waals surface area contributed by atoms with E-state index in [9.17, 15) is 10.1 Å². The number of aryl methyl sites for hydroxylation is 1. The normalized spacial score (nSPS) is 15.7. The topological polar surface area (TPSA) is 61.0 Å². The van der Waals surface area contributed by atoms with Gasteiger partial charge in [0, 0.05) is 11.5 Å². The zero-order valence-corrected chi connectivity index (χ0v) is 7.08. The first-order valence-corrected chi connectivity index (χ1v) is 4.72. The van der Waals surface area contributed by atoms with Crippen molar-refractivity contribution in [3.63, 3.8) is 0 Å². The molecule has 2 heterocycles. The van der Waals surface area contributed by atoms with Gasteiger partial charge in [-0.05, 0) is 4.92 Å². The molecule has 0 N–H and O–H groups in total. The third-order valence-electron chi connectivity index (χ3n) is 1.73. The van der Waals surface area contributed by atoms with E-state index in [0.717, 1.165) is 23.7 Å². The van der Waals surface area contributed by atoms with Crippen LogP contribution < -0.4 is 0 Å². The number of aromatic nitrogens is 2. The highest BCUT2D eigenvalue weighted by Gasteiger charge is 2.20. The summed E-state index contributed by atoms with van der Waals surface area (Å²) in [6.45, 7) is 0.786. The largest absolute Gasteiger partial charge is 0.390 e. The third-order valence-corrected chi connectivity index (χ3v) is 2.71. The third kappa shape index (κ3) is 1.18. The summed E-state index contributed by atoms with van der Waals surface area (Å²) in [4.78, 5) is 9.89. The summed E-state index contributed by atoms with van der Waals surface area (Å²) in [7, 11) is 0. The van der Waals surface area contributed by atoms with Crippen molar-refractivity contribution in [3.8, 4) is 0 Å². The van der Waals surface area contributed by atoms with Crippen LogP contribution in [-0.2, 0) is 12.3 Å². The number of fused-ring (bicyclic) bond motifs is 1. The van der Waals surface area contributed by atoms with Gasteiger partial charge in [-0.1, -0.05) is 0 Å². The molecule has 0 aromatic carbocycles. The van der Waals surface area contributed by atoms with Crippen LogP contribution in [0.2, 0.25) is 0 Å². The van der Waals surface area contributed by atoms with E-state index in [1.165, 1.54) is 0 Å². The van der Waals surface area contributed by atoms with Crippen LogP contribution in [-0.4, -0.2) is 20.5 Å². The Morgan fingerprint density at radius 1 is 1.75 bits per heavy atom. The Labute approximate surface area is 72.9 Å². The van der Waals surface area contributed by atoms with Crippen LogP contribution in [0.3, 0.4) is 0 Å². The van der Waals surface area contributed by atoms with E-state index in [-0.39, 0.29) is 5.82 Å². The molecule has 1 aliphatic rings. The molecule has 0 amide bonds. The van der Waals surface area contributed by atoms with E-state index in [0.29, 0.717) is 0 Å². The molecule has 0 spiro atoms. The maximum absolute atomic E-state index is 10.3. The van der Waals surface area contributed by atoms with Gasteiger partial charge in [-0.2, -0.15) is 16.4 Å². The van der Waals surface area contributed by atoms with Crippen LogP contribution in [0, 0.1) is 10.1 Å². The van der Waals surface area contributed by atoms with Gasteiger partial charge in [0.15, 0.2) is 0 Å². The predicted octanol–water partition coefficient (Wildman–Crippen LogP) is 1.04. The molecule has 0 unspecified atom stereocenters. The van der Waals surface area contributed by atoms with E-state index in [2.05, 4.69) is 5.10 Å². The summed E-state index contributed by atoms with van der Waals surface area (Å²) in [5, 5.41) is 14.2. The molecule has 0 fully saturated rings. The van der Waals surface area contributed by atoms with Crippen molar-refractivity contribution in [2.45, 2.75) is 12.3 Å². The number of rotatable bonds is 1. The molecule has 0 saturated heterocycles. The Morgan fingerprint density at radius 2 is 2.58 bits per heavy atom. The Morgan fingerprint density at radius 3 is 3.25 bits per heavy atom. The van der Waals surface area contributed by atoms with Gasteiger partial charge in [0.05, 0.1) is 23.4 Å². The first-order chi connectivity index (χ1) is 5.77. The molecule has 6 heteroatoms. The van der Waals surface area contributed by atoms with Crippen LogP contribution in [0.1, 0.15) is 5.69 Å². The average Bonchev–Trinajstić information content (AvgIpc) is 2.46. The molecule has 1 aromatic rings. The molecule has 64 valence electrons. The molecular formula is C6H7N3O2S. The zero-order chi connectivity index (χ0) is 8.55. The second-order valence-corrected chi connectivity index (χ2v) is 3.63. The summed E-state index contributed by atoms with van der Waals surface area (Å²) >= 11 is 1.78. The number of hydrogen-bond donors (Lipinski definition) is 0. The molecule has 0 saturated carbocycles. The van der Waals surface area contributed by atoms with Crippen molar-refractivity contribution in [1.29, 1.82) is 0 Å². The summed E-state index contributed by atoms with van der Waals surface area (Å²) in [5.41, 5.74) is 0.956. The fourth-order valence-corrected chi connectivity index (χ4v) is 2.05. The van der Waals surface area contributed by atoms with Gasteiger partial charge in [0.25, 0.3) is 0 Å². The van der Waals surface area contributed by atoms with Crippen LogP contribution in [0.15, 0.2) is 6.07 Å². The van der Waals surface area contributed by atoms with Crippen LogP contribution in [0.4, 0.5) is 5.82 Å². The van der Waals surface area contributed by atoms with Crippen molar-refractivity contribution in [2.75, 3.05) is 5.75 Å². The Bertz CT molecular complexity index is 299. The van der Waals surface area contributed by atoms with E-state index >= 15 is 0 Å². The summed E-state index contributed by atoms with van der Waals surface area (Å²) in [6, 6.07) is 1.55. The van der Waals surface area contributed by atoms with Gasteiger partial charge in [-0.15, -0.1) is 0 Å². The minimum Gasteiger partial charge on any atom is -0.358 e. The fraction of sp³-hybridized carbons (Fsp3) is 0.500. The molecule has 0 radical (unpaired) electrons. The van der Waals surface area contributed by atoms with Crippen molar-refractivity contribution in [3.05, 3.63) is 21.9 Å². The van der Waals surface area contributed by atoms with E-state index in [4.69, 9.17) is 0 Å². The van der Waals surface area contributed by atoms with Gasteiger partial charge >= 0.3 is 5.82 Å². The molecule has 0 atom stereocenters. The van der Waals surface area contributed by atoms with Crippen LogP contribution >= 0.6 is 11.8 Å². The lowest BCUT2D eigenvalue weighted by Crippen LogP contribution is -2.11. The molecule has 0 aliphatic carbocycles. The van der Waals surface area contributed by atoms with Gasteiger partial charge in [-0.25, -0.2) is 0 Å². The molecule has 2 rings (SSSR count). The lowest BCUT2D eigenvalue weighted by molar-refractivity contribution is -0.389. The van der Waals surface area contributed by atoms with Crippen molar-refractivity contribution < 1.29 is 4.92 Å². The lowest BCUT2D eigenvalue weighted by Gasteiger charge is -2.07. The lowest BCUT2D eigenvalue weighted by atomic mass is 10.4. The summed E-state index contributed by atoms with van der Waals surface area (Å²) < 4.78 is 1.72. The minimum atomic E-state index is -0.448. The Hall–Kier alpha value is -1.04. The first-order valence-electron chi connectivity index (χ1n) is 3.56. The van der Waals surface area contributed by atoms with E-state index in [1.807, 2.05) is 0 Å². The maximum Gasteiger partial charge on any atom is 0.390 e. The number of thioether (sulfide) groups is 1. The van der Waals surface area contributed by atoms with Crippen molar-refractivity contribution in [1.82, 2.24) is 9.78 Å². The number of nitro groups is 1. The standard InChI is InChI=1S/C6H7N3O2S/c10-9(11)6-3-5-4-12-2-1-8(5)7-6/h3H,1-2,4H2. The van der Waals surface area contributed by atoms with Gasteiger partial charge in [0.2, 0.25) is 0 Å². The second-order valence-electron chi connectivity index (χ2n) is 2.53. The first kappa shape index (κ1) is 7.60. The van der Waals surface area contributed by atoms with Gasteiger partial charge < -0.3 is 10.1 Å².